The van der Waals surface area contributed by atoms with Gasteiger partial charge < -0.3 is 10.0 Å². The molecule has 2 heteroatoms. The summed E-state index contributed by atoms with van der Waals surface area (Å²) < 4.78 is 0. The predicted molar refractivity (Wildman–Crippen MR) is 60.3 cm³/mol. The number of nitrogens with zero attached hydrogens (tertiary/aromatic N) is 1. The molecule has 1 saturated carbocycles. The van der Waals surface area contributed by atoms with Crippen molar-refractivity contribution in [1.82, 2.24) is 4.90 Å². The van der Waals surface area contributed by atoms with E-state index in [0.29, 0.717) is 0 Å². The van der Waals surface area contributed by atoms with E-state index in [1.54, 1.807) is 0 Å². The summed E-state index contributed by atoms with van der Waals surface area (Å²) >= 11 is 0. The monoisotopic (exact) mass is 199 g/mol. The Morgan fingerprint density at radius 3 is 2.36 bits per heavy atom. The molecule has 0 aromatic rings. The van der Waals surface area contributed by atoms with Crippen molar-refractivity contribution in [2.75, 3.05) is 20.1 Å². The summed E-state index contributed by atoms with van der Waals surface area (Å²) in [4.78, 5) is 2.37. The molecule has 0 heterocycles. The summed E-state index contributed by atoms with van der Waals surface area (Å²) in [7, 11) is 2.17. The third-order valence-corrected chi connectivity index (χ3v) is 3.60. The van der Waals surface area contributed by atoms with Crippen LogP contribution < -0.4 is 0 Å². The molecule has 1 fully saturated rings. The first-order chi connectivity index (χ1) is 6.42. The number of aliphatic hydroxyl groups excluding tert-OH is 1. The van der Waals surface area contributed by atoms with Gasteiger partial charge in [-0.1, -0.05) is 20.3 Å². The topological polar surface area (TPSA) is 23.5 Å². The van der Waals surface area contributed by atoms with Crippen molar-refractivity contribution in [1.29, 1.82) is 0 Å². The molecule has 0 aromatic heterocycles. The van der Waals surface area contributed by atoms with Crippen LogP contribution in [0.15, 0.2) is 0 Å². The van der Waals surface area contributed by atoms with Crippen LogP contribution in [0.1, 0.15) is 40.0 Å². The van der Waals surface area contributed by atoms with Crippen LogP contribution in [-0.4, -0.2) is 36.2 Å². The molecular formula is C12H25NO. The first-order valence-corrected chi connectivity index (χ1v) is 5.78. The molecule has 1 rings (SSSR count). The van der Waals surface area contributed by atoms with Crippen molar-refractivity contribution < 1.29 is 5.11 Å². The summed E-state index contributed by atoms with van der Waals surface area (Å²) in [5.41, 5.74) is 0.0124. The molecular weight excluding hydrogens is 174 g/mol. The minimum Gasteiger partial charge on any atom is -0.393 e. The van der Waals surface area contributed by atoms with Gasteiger partial charge in [0.25, 0.3) is 0 Å². The number of rotatable bonds is 5. The zero-order valence-corrected chi connectivity index (χ0v) is 10.1. The average molecular weight is 199 g/mol. The Morgan fingerprint density at radius 1 is 1.43 bits per heavy atom. The zero-order chi connectivity index (χ0) is 10.8. The molecule has 14 heavy (non-hydrogen) atoms. The summed E-state index contributed by atoms with van der Waals surface area (Å²) in [6.45, 7) is 8.35. The molecule has 0 aliphatic heterocycles. The summed E-state index contributed by atoms with van der Waals surface area (Å²) in [5, 5.41) is 9.61. The lowest BCUT2D eigenvalue weighted by molar-refractivity contribution is 0.0340. The Labute approximate surface area is 88.3 Å². The van der Waals surface area contributed by atoms with Gasteiger partial charge in [0.1, 0.15) is 0 Å². The van der Waals surface area contributed by atoms with Gasteiger partial charge in [-0.25, -0.2) is 0 Å². The van der Waals surface area contributed by atoms with Crippen molar-refractivity contribution in [2.24, 2.45) is 11.3 Å². The molecule has 1 unspecified atom stereocenters. The van der Waals surface area contributed by atoms with Crippen molar-refractivity contribution in [3.05, 3.63) is 0 Å². The highest BCUT2D eigenvalue weighted by Crippen LogP contribution is 2.28. The molecule has 0 bridgehead atoms. The Balaban J connectivity index is 2.27. The van der Waals surface area contributed by atoms with Crippen LogP contribution in [0.25, 0.3) is 0 Å². The Bertz CT molecular complexity index is 173. The second kappa shape index (κ2) is 4.63. The minimum absolute atomic E-state index is 0.0124. The Morgan fingerprint density at radius 2 is 2.00 bits per heavy atom. The maximum atomic E-state index is 9.61. The lowest BCUT2D eigenvalue weighted by Gasteiger charge is -2.36. The van der Waals surface area contributed by atoms with E-state index in [4.69, 9.17) is 0 Å². The minimum atomic E-state index is -0.230. The lowest BCUT2D eigenvalue weighted by Crippen LogP contribution is -2.41. The van der Waals surface area contributed by atoms with Gasteiger partial charge >= 0.3 is 0 Å². The van der Waals surface area contributed by atoms with E-state index in [2.05, 4.69) is 25.8 Å². The molecule has 0 spiro atoms. The Hall–Kier alpha value is -0.0800. The fourth-order valence-electron chi connectivity index (χ4n) is 2.01. The molecule has 1 N–H and O–H groups in total. The number of hydrogen-bond donors (Lipinski definition) is 1. The summed E-state index contributed by atoms with van der Waals surface area (Å²) in [6, 6.07) is 0. The molecule has 1 atom stereocenters. The van der Waals surface area contributed by atoms with Crippen LogP contribution in [0.3, 0.4) is 0 Å². The predicted octanol–water partition coefficient (Wildman–Crippen LogP) is 2.13. The van der Waals surface area contributed by atoms with Gasteiger partial charge in [0.2, 0.25) is 0 Å². The van der Waals surface area contributed by atoms with E-state index in [1.165, 1.54) is 25.8 Å². The third-order valence-electron chi connectivity index (χ3n) is 3.60. The molecule has 0 amide bonds. The molecule has 0 aromatic carbocycles. The first kappa shape index (κ1) is 12.0. The zero-order valence-electron chi connectivity index (χ0n) is 10.1. The number of hydrogen-bond acceptors (Lipinski definition) is 2. The number of aliphatic hydroxyl groups is 1. The standard InChI is InChI=1S/C12H25NO/c1-10(14)12(2,3)9-13(4)8-11-6-5-7-11/h10-11,14H,5-9H2,1-4H3. The highest BCUT2D eigenvalue weighted by molar-refractivity contribution is 4.80. The maximum absolute atomic E-state index is 9.61. The second-order valence-electron chi connectivity index (χ2n) is 5.66. The van der Waals surface area contributed by atoms with Gasteiger partial charge in [0.05, 0.1) is 6.10 Å². The summed E-state index contributed by atoms with van der Waals surface area (Å²) in [5.74, 6) is 0.921. The van der Waals surface area contributed by atoms with Gasteiger partial charge in [-0.3, -0.25) is 0 Å². The SMILES string of the molecule is CC(O)C(C)(C)CN(C)CC1CCC1. The van der Waals surface area contributed by atoms with Gasteiger partial charge in [0, 0.05) is 18.5 Å². The normalized spacial score (nSPS) is 21.0. The van der Waals surface area contributed by atoms with Gasteiger partial charge in [0.15, 0.2) is 0 Å². The van der Waals surface area contributed by atoms with E-state index in [-0.39, 0.29) is 11.5 Å². The molecule has 0 saturated heterocycles. The van der Waals surface area contributed by atoms with Crippen LogP contribution in [0.4, 0.5) is 0 Å². The molecule has 2 nitrogen and oxygen atoms in total. The van der Waals surface area contributed by atoms with Gasteiger partial charge in [-0.2, -0.15) is 0 Å². The van der Waals surface area contributed by atoms with Crippen LogP contribution in [0.5, 0.6) is 0 Å². The first-order valence-electron chi connectivity index (χ1n) is 5.78. The highest BCUT2D eigenvalue weighted by Gasteiger charge is 2.27. The summed E-state index contributed by atoms with van der Waals surface area (Å²) in [6.07, 6.45) is 3.99. The van der Waals surface area contributed by atoms with E-state index in [0.717, 1.165) is 12.5 Å². The molecule has 1 aliphatic rings. The van der Waals surface area contributed by atoms with E-state index < -0.39 is 0 Å². The third kappa shape index (κ3) is 3.25. The van der Waals surface area contributed by atoms with Crippen molar-refractivity contribution in [3.63, 3.8) is 0 Å². The van der Waals surface area contributed by atoms with Crippen molar-refractivity contribution in [2.45, 2.75) is 46.1 Å². The molecule has 1 aliphatic carbocycles. The quantitative estimate of drug-likeness (QED) is 0.733. The van der Waals surface area contributed by atoms with E-state index in [9.17, 15) is 5.11 Å². The van der Waals surface area contributed by atoms with Crippen LogP contribution >= 0.6 is 0 Å². The highest BCUT2D eigenvalue weighted by atomic mass is 16.3. The van der Waals surface area contributed by atoms with Gasteiger partial charge in [-0.05, 0) is 32.7 Å². The molecule has 0 radical (unpaired) electrons. The average Bonchev–Trinajstić information content (AvgIpc) is 1.96. The molecule has 84 valence electrons. The largest absolute Gasteiger partial charge is 0.393 e. The van der Waals surface area contributed by atoms with E-state index >= 15 is 0 Å². The van der Waals surface area contributed by atoms with Crippen molar-refractivity contribution >= 4 is 0 Å². The van der Waals surface area contributed by atoms with Crippen LogP contribution in [0, 0.1) is 11.3 Å². The van der Waals surface area contributed by atoms with E-state index in [1.807, 2.05) is 6.92 Å². The smallest absolute Gasteiger partial charge is 0.0575 e. The van der Waals surface area contributed by atoms with Crippen LogP contribution in [0.2, 0.25) is 0 Å². The van der Waals surface area contributed by atoms with Gasteiger partial charge in [-0.15, -0.1) is 0 Å². The van der Waals surface area contributed by atoms with Crippen molar-refractivity contribution in [3.8, 4) is 0 Å². The fourth-order valence-corrected chi connectivity index (χ4v) is 2.01. The van der Waals surface area contributed by atoms with Crippen LogP contribution in [-0.2, 0) is 0 Å². The fraction of sp³-hybridized carbons (Fsp3) is 1.00. The second-order valence-corrected chi connectivity index (χ2v) is 5.66. The Kier molecular flexibility index (Phi) is 3.96. The maximum Gasteiger partial charge on any atom is 0.0575 e. The lowest BCUT2D eigenvalue weighted by atomic mass is 9.83.